The van der Waals surface area contributed by atoms with Gasteiger partial charge in [0.1, 0.15) is 34.5 Å². The molecule has 0 saturated carbocycles. The van der Waals surface area contributed by atoms with E-state index in [1.54, 1.807) is 0 Å². The number of para-hydroxylation sites is 3. The van der Waals surface area contributed by atoms with Crippen LogP contribution in [-0.2, 0) is 0 Å². The van der Waals surface area contributed by atoms with Crippen LogP contribution in [0.1, 0.15) is 0 Å². The van der Waals surface area contributed by atoms with Gasteiger partial charge in [0.25, 0.3) is 0 Å². The summed E-state index contributed by atoms with van der Waals surface area (Å²) in [6, 6.07) is 174. The Morgan fingerprint density at radius 3 is 0.689 bits per heavy atom. The van der Waals surface area contributed by atoms with Crippen molar-refractivity contribution in [3.05, 3.63) is 491 Å². The van der Waals surface area contributed by atoms with Crippen LogP contribution in [0.15, 0.2) is 491 Å². The van der Waals surface area contributed by atoms with Gasteiger partial charge in [0, 0.05) is 66.2 Å². The minimum Gasteiger partial charge on any atom is -0.456 e. The molecule has 6 heterocycles. The van der Waals surface area contributed by atoms with E-state index in [2.05, 4.69) is 425 Å². The smallest absolute Gasteiger partial charge is 0.135 e. The van der Waals surface area contributed by atoms with E-state index in [1.165, 1.54) is 131 Å². The second-order valence-corrected chi connectivity index (χ2v) is 34.7. The third kappa shape index (κ3) is 14.9. The molecule has 3 aliphatic rings. The van der Waals surface area contributed by atoms with Crippen molar-refractivity contribution in [1.82, 2.24) is 15.0 Å². The Hall–Kier alpha value is -18.0. The molecular formula is C129H81N3O3. The van der Waals surface area contributed by atoms with Crippen LogP contribution in [0, 0.1) is 0 Å². The van der Waals surface area contributed by atoms with E-state index in [-0.39, 0.29) is 0 Å². The topological polar surface area (TPSA) is 66.4 Å². The molecule has 6 nitrogen and oxygen atoms in total. The molecule has 0 saturated heterocycles. The number of hydrogen-bond donors (Lipinski definition) is 0. The third-order valence-electron chi connectivity index (χ3n) is 26.5. The SMILES string of the molecule is c1ccc(-c2cc(-c3ccc4cc(-c5ccc6c7c(cccc57)-c5ccccc5O6)ccc4c3)cc(-c3ccccc3)n2)cc1.c1ccc(-c2cc(-c3ccc4ccc(-c5ccc6c7c(cccc57)-c5ccccc5O6)cc4c3)cc(-c3ccccc3)n2)cc1.c1ccc(-c2cc(-c3ccccc3)nc(-c3ccc4cc(-c5ccc6c7c(cccc57)-c5ccccc5O6)ccc4c3)c2)cc1. The van der Waals surface area contributed by atoms with Crippen molar-refractivity contribution in [3.63, 3.8) is 0 Å². The van der Waals surface area contributed by atoms with Gasteiger partial charge >= 0.3 is 0 Å². The van der Waals surface area contributed by atoms with E-state index in [4.69, 9.17) is 29.2 Å². The number of pyridine rings is 3. The van der Waals surface area contributed by atoms with Crippen LogP contribution in [0.2, 0.25) is 0 Å². The van der Waals surface area contributed by atoms with Gasteiger partial charge in [0.2, 0.25) is 0 Å². The van der Waals surface area contributed by atoms with Gasteiger partial charge in [-0.25, -0.2) is 15.0 Å². The molecule has 3 aliphatic heterocycles. The first-order valence-electron chi connectivity index (χ1n) is 45.9. The summed E-state index contributed by atoms with van der Waals surface area (Å²) in [5, 5.41) is 14.3. The first kappa shape index (κ1) is 79.2. The maximum absolute atomic E-state index is 6.35. The van der Waals surface area contributed by atoms with E-state index in [0.717, 1.165) is 135 Å². The number of nitrogens with zero attached hydrogens (tertiary/aromatic N) is 3. The van der Waals surface area contributed by atoms with Crippen LogP contribution in [0.4, 0.5) is 0 Å². The van der Waals surface area contributed by atoms with Crippen molar-refractivity contribution in [2.24, 2.45) is 0 Å². The van der Waals surface area contributed by atoms with Gasteiger partial charge in [0.15, 0.2) is 0 Å². The largest absolute Gasteiger partial charge is 0.456 e. The zero-order valence-electron chi connectivity index (χ0n) is 73.3. The van der Waals surface area contributed by atoms with Gasteiger partial charge in [-0.1, -0.05) is 382 Å². The summed E-state index contributed by atoms with van der Waals surface area (Å²) in [5.74, 6) is 5.46. The standard InChI is InChI=1S/3C43H27NO/c1-3-10-29(11-4-1)39-26-34(27-40(44-39)30-12-5-2-6-13-30)31-20-18-28-19-21-32(25-33(28)24-31)35-22-23-42-43-37(35)15-9-16-38(43)36-14-7-8-17-41(36)45-42;1-3-10-28(11-4-1)34-26-39(29-12-5-2-6-13-29)44-40(27-34)33-21-19-30-24-32(20-18-31(30)25-33)35-22-23-42-43-37(35)15-9-16-38(43)36-14-7-8-17-41(36)45-42;1-3-10-28(11-4-1)39-26-34(27-40(44-39)29-12-5-2-6-13-29)32-19-18-31-25-33(21-20-30(31)24-32)35-22-23-42-43-37(35)15-9-16-38(43)36-14-7-8-17-41(36)45-42/h3*1-27H. The molecule has 24 aromatic rings. The Morgan fingerprint density at radius 1 is 0.119 bits per heavy atom. The second kappa shape index (κ2) is 33.8. The van der Waals surface area contributed by atoms with Crippen molar-refractivity contribution >= 4 is 64.6 Å². The average Bonchev–Trinajstić information content (AvgIpc) is 0.742. The van der Waals surface area contributed by atoms with Crippen molar-refractivity contribution in [1.29, 1.82) is 0 Å². The molecule has 0 fully saturated rings. The summed E-state index contributed by atoms with van der Waals surface area (Å²) in [6.45, 7) is 0. The summed E-state index contributed by atoms with van der Waals surface area (Å²) >= 11 is 0. The number of aromatic nitrogens is 3. The van der Waals surface area contributed by atoms with Gasteiger partial charge in [0.05, 0.1) is 34.2 Å². The first-order chi connectivity index (χ1) is 66.8. The van der Waals surface area contributed by atoms with Gasteiger partial charge < -0.3 is 14.2 Å². The van der Waals surface area contributed by atoms with Crippen LogP contribution in [-0.4, -0.2) is 15.0 Å². The summed E-state index contributed by atoms with van der Waals surface area (Å²) in [6.07, 6.45) is 0. The molecule has 0 atom stereocenters. The predicted octanol–water partition coefficient (Wildman–Crippen LogP) is 35.5. The number of rotatable bonds is 12. The van der Waals surface area contributed by atoms with E-state index < -0.39 is 0 Å². The zero-order valence-corrected chi connectivity index (χ0v) is 73.3. The quantitative estimate of drug-likeness (QED) is 0.121. The number of fused-ring (bicyclic) bond motifs is 9. The Labute approximate surface area is 781 Å². The monoisotopic (exact) mass is 1720 g/mol. The number of ether oxygens (including phenoxy) is 3. The lowest BCUT2D eigenvalue weighted by atomic mass is 9.90. The summed E-state index contributed by atoms with van der Waals surface area (Å²) < 4.78 is 19.0. The number of hydrogen-bond acceptors (Lipinski definition) is 6. The number of benzene rings is 21. The lowest BCUT2D eigenvalue weighted by Gasteiger charge is -2.22. The molecule has 0 aliphatic carbocycles. The molecule has 21 aromatic carbocycles. The Balaban J connectivity index is 0.000000108. The Morgan fingerprint density at radius 2 is 0.356 bits per heavy atom. The van der Waals surface area contributed by atoms with Crippen LogP contribution in [0.3, 0.4) is 0 Å². The van der Waals surface area contributed by atoms with E-state index in [1.807, 2.05) is 66.7 Å². The zero-order chi connectivity index (χ0) is 89.2. The summed E-state index contributed by atoms with van der Waals surface area (Å²) in [5.41, 5.74) is 33.7. The lowest BCUT2D eigenvalue weighted by Crippen LogP contribution is -1.97. The highest BCUT2D eigenvalue weighted by Crippen LogP contribution is 2.53. The highest BCUT2D eigenvalue weighted by Gasteiger charge is 2.27. The molecule has 0 bridgehead atoms. The fourth-order valence-electron chi connectivity index (χ4n) is 19.9. The van der Waals surface area contributed by atoms with Gasteiger partial charge in [-0.2, -0.15) is 0 Å². The van der Waals surface area contributed by atoms with Crippen molar-refractivity contribution in [2.45, 2.75) is 0 Å². The maximum atomic E-state index is 6.35. The molecule has 0 radical (unpaired) electrons. The first-order valence-corrected chi connectivity index (χ1v) is 45.9. The molecular weight excluding hydrogens is 1640 g/mol. The van der Waals surface area contributed by atoms with Crippen LogP contribution >= 0.6 is 0 Å². The van der Waals surface area contributed by atoms with Gasteiger partial charge in [-0.15, -0.1) is 0 Å². The van der Waals surface area contributed by atoms with Gasteiger partial charge in [-0.3, -0.25) is 0 Å². The molecule has 630 valence electrons. The molecule has 135 heavy (non-hydrogen) atoms. The fourth-order valence-corrected chi connectivity index (χ4v) is 19.9. The molecule has 3 aromatic heterocycles. The maximum Gasteiger partial charge on any atom is 0.135 e. The third-order valence-corrected chi connectivity index (χ3v) is 26.5. The van der Waals surface area contributed by atoms with Crippen molar-refractivity contribution < 1.29 is 14.2 Å². The molecule has 0 N–H and O–H groups in total. The fraction of sp³-hybridized carbons (Fsp3) is 0. The highest BCUT2D eigenvalue weighted by molar-refractivity contribution is 6.14. The van der Waals surface area contributed by atoms with Crippen molar-refractivity contribution in [2.75, 3.05) is 0 Å². The normalized spacial score (nSPS) is 11.7. The molecule has 0 amide bonds. The van der Waals surface area contributed by atoms with Crippen molar-refractivity contribution in [3.8, 4) is 202 Å². The molecule has 0 spiro atoms. The lowest BCUT2D eigenvalue weighted by molar-refractivity contribution is 0.487. The Bertz CT molecular complexity index is 8290. The van der Waals surface area contributed by atoms with E-state index >= 15 is 0 Å². The Kier molecular flexibility index (Phi) is 19.9. The molecule has 0 unspecified atom stereocenters. The highest BCUT2D eigenvalue weighted by atomic mass is 16.5. The van der Waals surface area contributed by atoms with Gasteiger partial charge in [-0.05, 0) is 241 Å². The van der Waals surface area contributed by atoms with E-state index in [9.17, 15) is 0 Å². The minimum absolute atomic E-state index is 0.908. The summed E-state index contributed by atoms with van der Waals surface area (Å²) in [4.78, 5) is 15.3. The second-order valence-electron chi connectivity index (χ2n) is 34.7. The molecule has 27 rings (SSSR count). The predicted molar refractivity (Wildman–Crippen MR) is 560 cm³/mol. The van der Waals surface area contributed by atoms with Crippen LogP contribution in [0.25, 0.3) is 232 Å². The van der Waals surface area contributed by atoms with E-state index in [0.29, 0.717) is 0 Å². The minimum atomic E-state index is 0.908. The van der Waals surface area contributed by atoms with Crippen LogP contribution in [0.5, 0.6) is 34.5 Å². The molecule has 6 heteroatoms. The summed E-state index contributed by atoms with van der Waals surface area (Å²) in [7, 11) is 0. The average molecular weight is 1720 g/mol. The van der Waals surface area contributed by atoms with Crippen LogP contribution < -0.4 is 14.2 Å².